The van der Waals surface area contributed by atoms with Crippen molar-refractivity contribution in [3.63, 3.8) is 0 Å². The Bertz CT molecular complexity index is 941. The molecule has 0 amide bonds. The van der Waals surface area contributed by atoms with E-state index in [1.54, 1.807) is 0 Å². The topological polar surface area (TPSA) is 155 Å². The van der Waals surface area contributed by atoms with E-state index in [0.29, 0.717) is 13.0 Å². The Labute approximate surface area is 304 Å². The maximum atomic E-state index is 12.6. The van der Waals surface area contributed by atoms with Crippen LogP contribution in [-0.2, 0) is 32.7 Å². The summed E-state index contributed by atoms with van der Waals surface area (Å²) in [6, 6.07) is -1.47. The molecule has 0 spiro atoms. The summed E-state index contributed by atoms with van der Waals surface area (Å²) in [4.78, 5) is 33.4. The molecule has 3 unspecified atom stereocenters. The van der Waals surface area contributed by atoms with Crippen LogP contribution in [-0.4, -0.2) is 60.5 Å². The summed E-state index contributed by atoms with van der Waals surface area (Å²) in [6.07, 6.45) is 37.6. The van der Waals surface area contributed by atoms with Crippen molar-refractivity contribution in [1.29, 1.82) is 0 Å². The number of rotatable bonds is 37. The summed E-state index contributed by atoms with van der Waals surface area (Å²) >= 11 is 0. The van der Waals surface area contributed by atoms with Gasteiger partial charge in [-0.1, -0.05) is 127 Å². The van der Waals surface area contributed by atoms with E-state index in [0.717, 1.165) is 64.2 Å². The van der Waals surface area contributed by atoms with Crippen molar-refractivity contribution in [3.05, 3.63) is 36.5 Å². The van der Waals surface area contributed by atoms with Crippen LogP contribution in [0.1, 0.15) is 162 Å². The second-order valence-corrected chi connectivity index (χ2v) is 14.5. The normalized spacial score (nSPS) is 14.5. The van der Waals surface area contributed by atoms with E-state index in [-0.39, 0.29) is 13.0 Å². The number of hydrogen-bond acceptors (Lipinski definition) is 8. The van der Waals surface area contributed by atoms with Gasteiger partial charge in [-0.05, 0) is 64.2 Å². The van der Waals surface area contributed by atoms with Gasteiger partial charge >= 0.3 is 19.8 Å². The van der Waals surface area contributed by atoms with Crippen molar-refractivity contribution in [1.82, 2.24) is 0 Å². The van der Waals surface area contributed by atoms with Crippen molar-refractivity contribution >= 4 is 19.8 Å². The molecule has 0 radical (unpaired) electrons. The number of esters is 1. The number of carbonyl (C=O) groups excluding carboxylic acids is 1. The van der Waals surface area contributed by atoms with E-state index in [1.165, 1.54) is 70.6 Å². The summed E-state index contributed by atoms with van der Waals surface area (Å²) < 4.78 is 33.2. The van der Waals surface area contributed by atoms with Gasteiger partial charge in [-0.2, -0.15) is 0 Å². The standard InChI is InChI=1S/C39H72NO9P/c1-3-5-7-9-11-13-15-16-17-18-19-20-21-23-25-27-29-31-38(41)49-36(34-47-50(44,45)48-35-37(40)39(42)43)33-46-32-30-28-26-24-22-14-12-10-8-6-4-2/h8,10-11,13,16-17,36-37H,3-7,9,12,14-15,18-35,40H2,1-2H3,(H,42,43)(H,44,45)/b10-8-,13-11-,17-16-. The van der Waals surface area contributed by atoms with Gasteiger partial charge in [0, 0.05) is 13.0 Å². The molecular weight excluding hydrogens is 657 g/mol. The van der Waals surface area contributed by atoms with E-state index in [4.69, 9.17) is 24.8 Å². The van der Waals surface area contributed by atoms with Crippen molar-refractivity contribution in [2.45, 2.75) is 174 Å². The van der Waals surface area contributed by atoms with E-state index >= 15 is 0 Å². The lowest BCUT2D eigenvalue weighted by molar-refractivity contribution is -0.154. The lowest BCUT2D eigenvalue weighted by atomic mass is 10.1. The van der Waals surface area contributed by atoms with Crippen LogP contribution in [0.3, 0.4) is 0 Å². The molecule has 0 aliphatic carbocycles. The zero-order valence-corrected chi connectivity index (χ0v) is 32.4. The number of carboxylic acid groups (broad SMARTS) is 1. The fourth-order valence-corrected chi connectivity index (χ4v) is 5.82. The molecule has 0 fully saturated rings. The first-order valence-electron chi connectivity index (χ1n) is 19.5. The van der Waals surface area contributed by atoms with Gasteiger partial charge in [-0.25, -0.2) is 4.57 Å². The first-order chi connectivity index (χ1) is 24.2. The lowest BCUT2D eigenvalue weighted by Crippen LogP contribution is -2.34. The van der Waals surface area contributed by atoms with Crippen LogP contribution >= 0.6 is 7.82 Å². The van der Waals surface area contributed by atoms with Crippen LogP contribution in [0.2, 0.25) is 0 Å². The zero-order valence-electron chi connectivity index (χ0n) is 31.5. The molecule has 292 valence electrons. The van der Waals surface area contributed by atoms with Gasteiger partial charge in [0.15, 0.2) is 0 Å². The Balaban J connectivity index is 4.29. The van der Waals surface area contributed by atoms with Gasteiger partial charge in [0.25, 0.3) is 0 Å². The summed E-state index contributed by atoms with van der Waals surface area (Å²) in [7, 11) is -4.61. The highest BCUT2D eigenvalue weighted by Gasteiger charge is 2.27. The largest absolute Gasteiger partial charge is 0.480 e. The van der Waals surface area contributed by atoms with Gasteiger partial charge in [0.2, 0.25) is 0 Å². The SMILES string of the molecule is CCC/C=C\CCCCCCCCOCC(COP(=O)(O)OCC(N)C(=O)O)OC(=O)CCCCCCCCC/C=C\C/C=C\CCCCC. The summed E-state index contributed by atoms with van der Waals surface area (Å²) in [5.74, 6) is -1.79. The van der Waals surface area contributed by atoms with Gasteiger partial charge < -0.3 is 25.2 Å². The van der Waals surface area contributed by atoms with Gasteiger partial charge in [0.1, 0.15) is 12.1 Å². The molecule has 0 aromatic carbocycles. The first-order valence-corrected chi connectivity index (χ1v) is 21.0. The number of allylic oxidation sites excluding steroid dienone is 6. The predicted octanol–water partition coefficient (Wildman–Crippen LogP) is 10.1. The maximum absolute atomic E-state index is 12.6. The van der Waals surface area contributed by atoms with E-state index < -0.39 is 45.1 Å². The summed E-state index contributed by atoms with van der Waals surface area (Å²) in [5.41, 5.74) is 5.33. The monoisotopic (exact) mass is 729 g/mol. The highest BCUT2D eigenvalue weighted by molar-refractivity contribution is 7.47. The van der Waals surface area contributed by atoms with Gasteiger partial charge in [-0.15, -0.1) is 0 Å². The van der Waals surface area contributed by atoms with Crippen LogP contribution in [0, 0.1) is 0 Å². The molecule has 4 N–H and O–H groups in total. The number of carbonyl (C=O) groups is 2. The summed E-state index contributed by atoms with van der Waals surface area (Å²) in [5, 5.41) is 8.86. The first kappa shape index (κ1) is 48.2. The average Bonchev–Trinajstić information content (AvgIpc) is 3.09. The van der Waals surface area contributed by atoms with Crippen LogP contribution < -0.4 is 5.73 Å². The minimum atomic E-state index is -4.61. The third-order valence-corrected chi connectivity index (χ3v) is 9.07. The van der Waals surface area contributed by atoms with Crippen LogP contribution in [0.25, 0.3) is 0 Å². The predicted molar refractivity (Wildman–Crippen MR) is 203 cm³/mol. The van der Waals surface area contributed by atoms with E-state index in [9.17, 15) is 19.0 Å². The van der Waals surface area contributed by atoms with Gasteiger partial charge in [0.05, 0.1) is 19.8 Å². The van der Waals surface area contributed by atoms with Crippen molar-refractivity contribution in [3.8, 4) is 0 Å². The maximum Gasteiger partial charge on any atom is 0.472 e. The quantitative estimate of drug-likeness (QED) is 0.0243. The molecule has 10 nitrogen and oxygen atoms in total. The van der Waals surface area contributed by atoms with Crippen LogP contribution in [0.5, 0.6) is 0 Å². The minimum Gasteiger partial charge on any atom is -0.480 e. The number of aliphatic carboxylic acids is 1. The molecule has 0 saturated carbocycles. The number of phosphoric acid groups is 1. The van der Waals surface area contributed by atoms with Crippen LogP contribution in [0.4, 0.5) is 0 Å². The molecule has 0 aliphatic rings. The molecular formula is C39H72NO9P. The van der Waals surface area contributed by atoms with Gasteiger partial charge in [-0.3, -0.25) is 18.6 Å². The number of nitrogens with two attached hydrogens (primary N) is 1. The van der Waals surface area contributed by atoms with Crippen molar-refractivity contribution in [2.75, 3.05) is 26.4 Å². The smallest absolute Gasteiger partial charge is 0.472 e. The highest BCUT2D eigenvalue weighted by Crippen LogP contribution is 2.43. The van der Waals surface area contributed by atoms with Crippen molar-refractivity contribution < 1.29 is 42.7 Å². The lowest BCUT2D eigenvalue weighted by Gasteiger charge is -2.20. The molecule has 0 rings (SSSR count). The average molecular weight is 730 g/mol. The Morgan fingerprint density at radius 3 is 1.72 bits per heavy atom. The number of carboxylic acids is 1. The second-order valence-electron chi connectivity index (χ2n) is 13.0. The van der Waals surface area contributed by atoms with E-state index in [2.05, 4.69) is 54.8 Å². The molecule has 0 bridgehead atoms. The summed E-state index contributed by atoms with van der Waals surface area (Å²) in [6.45, 7) is 3.76. The third-order valence-electron chi connectivity index (χ3n) is 8.12. The number of unbranched alkanes of at least 4 members (excludes halogenated alkanes) is 17. The van der Waals surface area contributed by atoms with E-state index in [1.807, 2.05) is 0 Å². The zero-order chi connectivity index (χ0) is 37.0. The molecule has 3 atom stereocenters. The molecule has 0 aromatic heterocycles. The molecule has 0 saturated heterocycles. The molecule has 0 aliphatic heterocycles. The Morgan fingerprint density at radius 2 is 1.14 bits per heavy atom. The minimum absolute atomic E-state index is 0.00934. The molecule has 11 heteroatoms. The molecule has 0 heterocycles. The number of ether oxygens (including phenoxy) is 2. The third kappa shape index (κ3) is 34.6. The molecule has 0 aromatic rings. The number of hydrogen-bond donors (Lipinski definition) is 3. The second kappa shape index (κ2) is 35.6. The Hall–Kier alpha value is -1.81. The fraction of sp³-hybridized carbons (Fsp3) is 0.795. The number of phosphoric ester groups is 1. The Morgan fingerprint density at radius 1 is 0.640 bits per heavy atom. The van der Waals surface area contributed by atoms with Crippen molar-refractivity contribution in [2.24, 2.45) is 5.73 Å². The highest BCUT2D eigenvalue weighted by atomic mass is 31.2. The van der Waals surface area contributed by atoms with Crippen LogP contribution in [0.15, 0.2) is 36.5 Å². The molecule has 50 heavy (non-hydrogen) atoms. The Kier molecular flexibility index (Phi) is 34.3. The fourth-order valence-electron chi connectivity index (χ4n) is 5.05.